The zero-order valence-electron chi connectivity index (χ0n) is 9.81. The number of anilines is 1. The highest BCUT2D eigenvalue weighted by molar-refractivity contribution is 9.11. The summed E-state index contributed by atoms with van der Waals surface area (Å²) >= 11 is 5.79. The summed E-state index contributed by atoms with van der Waals surface area (Å²) in [4.78, 5) is 27.6. The van der Waals surface area contributed by atoms with Crippen molar-refractivity contribution < 1.29 is 14.3 Å². The van der Waals surface area contributed by atoms with E-state index < -0.39 is 5.97 Å². The van der Waals surface area contributed by atoms with E-state index in [9.17, 15) is 9.59 Å². The van der Waals surface area contributed by atoms with Crippen molar-refractivity contribution in [3.8, 4) is 0 Å². The smallest absolute Gasteiger partial charge is 0.360 e. The van der Waals surface area contributed by atoms with Gasteiger partial charge in [0.05, 0.1) is 12.2 Å². The Kier molecular flexibility index (Phi) is 4.67. The Morgan fingerprint density at radius 3 is 2.95 bits per heavy atom. The van der Waals surface area contributed by atoms with E-state index in [1.54, 1.807) is 18.4 Å². The second-order valence-corrected chi connectivity index (χ2v) is 6.39. The summed E-state index contributed by atoms with van der Waals surface area (Å²) in [6, 6.07) is 1.71. The van der Waals surface area contributed by atoms with E-state index in [2.05, 4.69) is 26.2 Å². The number of nitrogens with one attached hydrogen (secondary N) is 1. The van der Waals surface area contributed by atoms with Gasteiger partial charge in [-0.3, -0.25) is 4.79 Å². The van der Waals surface area contributed by atoms with E-state index in [-0.39, 0.29) is 18.2 Å². The summed E-state index contributed by atoms with van der Waals surface area (Å²) in [5.41, 5.74) is 0.659. The topological polar surface area (TPSA) is 68.3 Å². The lowest BCUT2D eigenvalue weighted by molar-refractivity contribution is 0.0521. The number of carbonyl (C=O) groups is 2. The number of thiophene rings is 1. The first kappa shape index (κ1) is 14.2. The van der Waals surface area contributed by atoms with E-state index in [4.69, 9.17) is 4.74 Å². The van der Waals surface area contributed by atoms with Gasteiger partial charge in [0, 0.05) is 5.38 Å². The maximum atomic E-state index is 11.9. The second-order valence-electron chi connectivity index (χ2n) is 3.33. The summed E-state index contributed by atoms with van der Waals surface area (Å²) in [5.74, 6) is -0.826. The third kappa shape index (κ3) is 3.40. The molecule has 1 N–H and O–H groups in total. The third-order valence-corrected chi connectivity index (χ3v) is 4.19. The van der Waals surface area contributed by atoms with Gasteiger partial charge in [0.15, 0.2) is 9.61 Å². The number of carbonyl (C=O) groups excluding carboxylic acids is 2. The molecule has 8 heteroatoms. The first-order valence-electron chi connectivity index (χ1n) is 5.28. The monoisotopic (exact) mass is 360 g/mol. The fourth-order valence-corrected chi connectivity index (χ4v) is 3.26. The van der Waals surface area contributed by atoms with Crippen molar-refractivity contribution >= 4 is 55.5 Å². The fraction of sp³-hybridized carbons (Fsp3) is 0.182. The minimum Gasteiger partial charge on any atom is -0.461 e. The van der Waals surface area contributed by atoms with Crippen LogP contribution in [0.25, 0.3) is 0 Å². The summed E-state index contributed by atoms with van der Waals surface area (Å²) < 4.78 is 5.40. The van der Waals surface area contributed by atoms with Crippen molar-refractivity contribution in [2.45, 2.75) is 6.92 Å². The van der Waals surface area contributed by atoms with Gasteiger partial charge in [-0.15, -0.1) is 0 Å². The minimum absolute atomic E-state index is 0.113. The van der Waals surface area contributed by atoms with Gasteiger partial charge < -0.3 is 10.1 Å². The van der Waals surface area contributed by atoms with Crippen molar-refractivity contribution in [1.29, 1.82) is 0 Å². The zero-order valence-corrected chi connectivity index (χ0v) is 13.0. The van der Waals surface area contributed by atoms with Crippen molar-refractivity contribution in [2.75, 3.05) is 11.9 Å². The molecule has 0 radical (unpaired) electrons. The number of esters is 1. The molecule has 0 aliphatic heterocycles. The van der Waals surface area contributed by atoms with Crippen LogP contribution in [0.2, 0.25) is 0 Å². The SMILES string of the molecule is CCOC(=O)c1nc(Br)sc1NC(=O)c1ccsc1. The van der Waals surface area contributed by atoms with Crippen LogP contribution in [0, 0.1) is 0 Å². The average molecular weight is 361 g/mol. The van der Waals surface area contributed by atoms with Crippen LogP contribution in [0.1, 0.15) is 27.8 Å². The van der Waals surface area contributed by atoms with Crippen LogP contribution in [0.4, 0.5) is 5.00 Å². The van der Waals surface area contributed by atoms with Crippen LogP contribution in [0.15, 0.2) is 20.7 Å². The standard InChI is InChI=1S/C11H9BrN2O3S2/c1-2-17-10(16)7-9(19-11(12)13-7)14-8(15)6-3-4-18-5-6/h3-5H,2H2,1H3,(H,14,15). The lowest BCUT2D eigenvalue weighted by Gasteiger charge is -2.03. The van der Waals surface area contributed by atoms with Gasteiger partial charge in [0.1, 0.15) is 5.00 Å². The number of hydrogen-bond donors (Lipinski definition) is 1. The summed E-state index contributed by atoms with van der Waals surface area (Å²) in [6.07, 6.45) is 0. The number of amides is 1. The third-order valence-electron chi connectivity index (χ3n) is 2.08. The van der Waals surface area contributed by atoms with Crippen LogP contribution < -0.4 is 5.32 Å². The highest BCUT2D eigenvalue weighted by atomic mass is 79.9. The molecule has 19 heavy (non-hydrogen) atoms. The Morgan fingerprint density at radius 2 is 2.32 bits per heavy atom. The lowest BCUT2D eigenvalue weighted by atomic mass is 10.3. The van der Waals surface area contributed by atoms with Gasteiger partial charge in [0.2, 0.25) is 0 Å². The number of hydrogen-bond acceptors (Lipinski definition) is 6. The van der Waals surface area contributed by atoms with Gasteiger partial charge in [-0.2, -0.15) is 11.3 Å². The fourth-order valence-electron chi connectivity index (χ4n) is 1.29. The highest BCUT2D eigenvalue weighted by Crippen LogP contribution is 2.29. The molecule has 0 aliphatic rings. The van der Waals surface area contributed by atoms with E-state index in [1.807, 2.05) is 5.38 Å². The Morgan fingerprint density at radius 1 is 1.53 bits per heavy atom. The van der Waals surface area contributed by atoms with E-state index in [0.717, 1.165) is 0 Å². The maximum Gasteiger partial charge on any atom is 0.360 e. The summed E-state index contributed by atoms with van der Waals surface area (Å²) in [6.45, 7) is 1.97. The number of thiazole rings is 1. The summed E-state index contributed by atoms with van der Waals surface area (Å²) in [7, 11) is 0. The lowest BCUT2D eigenvalue weighted by Crippen LogP contribution is -2.14. The van der Waals surface area contributed by atoms with E-state index >= 15 is 0 Å². The molecule has 0 atom stereocenters. The molecule has 0 fully saturated rings. The van der Waals surface area contributed by atoms with Crippen LogP contribution in [-0.4, -0.2) is 23.5 Å². The van der Waals surface area contributed by atoms with Crippen LogP contribution in [0.3, 0.4) is 0 Å². The van der Waals surface area contributed by atoms with Crippen molar-refractivity contribution in [3.05, 3.63) is 32.0 Å². The number of ether oxygens (including phenoxy) is 1. The van der Waals surface area contributed by atoms with Crippen molar-refractivity contribution in [1.82, 2.24) is 4.98 Å². The summed E-state index contributed by atoms with van der Waals surface area (Å²) in [5, 5.41) is 6.58. The molecule has 0 bridgehead atoms. The van der Waals surface area contributed by atoms with Crippen LogP contribution in [-0.2, 0) is 4.74 Å². The number of nitrogens with zero attached hydrogens (tertiary/aromatic N) is 1. The molecule has 1 amide bonds. The minimum atomic E-state index is -0.551. The highest BCUT2D eigenvalue weighted by Gasteiger charge is 2.20. The zero-order chi connectivity index (χ0) is 13.8. The number of rotatable bonds is 4. The molecule has 2 heterocycles. The number of halogens is 1. The Bertz CT molecular complexity index is 595. The molecule has 0 saturated carbocycles. The van der Waals surface area contributed by atoms with Crippen LogP contribution >= 0.6 is 38.6 Å². The molecule has 0 aromatic carbocycles. The van der Waals surface area contributed by atoms with Gasteiger partial charge in [-0.25, -0.2) is 9.78 Å². The molecule has 0 saturated heterocycles. The maximum absolute atomic E-state index is 11.9. The van der Waals surface area contributed by atoms with Crippen molar-refractivity contribution in [3.63, 3.8) is 0 Å². The first-order chi connectivity index (χ1) is 9.11. The Balaban J connectivity index is 2.20. The Hall–Kier alpha value is -1.25. The van der Waals surface area contributed by atoms with E-state index in [1.165, 1.54) is 22.7 Å². The molecule has 0 aliphatic carbocycles. The largest absolute Gasteiger partial charge is 0.461 e. The molecular formula is C11H9BrN2O3S2. The predicted octanol–water partition coefficient (Wildman–Crippen LogP) is 3.40. The molecule has 2 aromatic rings. The first-order valence-corrected chi connectivity index (χ1v) is 7.84. The normalized spacial score (nSPS) is 10.2. The van der Waals surface area contributed by atoms with Gasteiger partial charge in [0.25, 0.3) is 5.91 Å². The predicted molar refractivity (Wildman–Crippen MR) is 78.0 cm³/mol. The van der Waals surface area contributed by atoms with Crippen LogP contribution in [0.5, 0.6) is 0 Å². The second kappa shape index (κ2) is 6.27. The Labute approximate surface area is 125 Å². The molecule has 2 rings (SSSR count). The molecule has 5 nitrogen and oxygen atoms in total. The average Bonchev–Trinajstić information content (AvgIpc) is 2.98. The molecule has 0 spiro atoms. The molecule has 0 unspecified atom stereocenters. The van der Waals surface area contributed by atoms with Gasteiger partial charge in [-0.05, 0) is 34.3 Å². The van der Waals surface area contributed by atoms with E-state index in [0.29, 0.717) is 14.5 Å². The van der Waals surface area contributed by atoms with Gasteiger partial charge in [-0.1, -0.05) is 11.3 Å². The number of aromatic nitrogens is 1. The molecule has 100 valence electrons. The molecular weight excluding hydrogens is 352 g/mol. The van der Waals surface area contributed by atoms with Gasteiger partial charge >= 0.3 is 5.97 Å². The molecule has 2 aromatic heterocycles. The quantitative estimate of drug-likeness (QED) is 0.848. The van der Waals surface area contributed by atoms with Crippen molar-refractivity contribution in [2.24, 2.45) is 0 Å².